The van der Waals surface area contributed by atoms with Crippen LogP contribution in [-0.4, -0.2) is 36.7 Å². The third-order valence-corrected chi connectivity index (χ3v) is 3.73. The van der Waals surface area contributed by atoms with E-state index in [1.807, 2.05) is 13.8 Å². The third-order valence-electron chi connectivity index (χ3n) is 3.73. The van der Waals surface area contributed by atoms with Crippen LogP contribution in [0.5, 0.6) is 0 Å². The van der Waals surface area contributed by atoms with E-state index in [2.05, 4.69) is 4.90 Å². The van der Waals surface area contributed by atoms with E-state index in [0.29, 0.717) is 6.54 Å². The zero-order chi connectivity index (χ0) is 15.6. The van der Waals surface area contributed by atoms with Gasteiger partial charge < -0.3 is 10.5 Å². The summed E-state index contributed by atoms with van der Waals surface area (Å²) in [7, 11) is 0. The van der Waals surface area contributed by atoms with E-state index >= 15 is 0 Å². The largest absolute Gasteiger partial charge is 0.416 e. The zero-order valence-electron chi connectivity index (χ0n) is 12.2. The molecule has 1 fully saturated rings. The van der Waals surface area contributed by atoms with Crippen molar-refractivity contribution < 1.29 is 17.9 Å². The molecule has 2 rings (SSSR count). The molecule has 0 saturated carbocycles. The summed E-state index contributed by atoms with van der Waals surface area (Å²) < 4.78 is 43.5. The van der Waals surface area contributed by atoms with Crippen LogP contribution in [0.4, 0.5) is 13.2 Å². The summed E-state index contributed by atoms with van der Waals surface area (Å²) in [6, 6.07) is 5.19. The van der Waals surface area contributed by atoms with E-state index in [-0.39, 0.29) is 18.2 Å². The number of ether oxygens (including phenoxy) is 1. The van der Waals surface area contributed by atoms with Crippen LogP contribution in [0.15, 0.2) is 24.3 Å². The molecule has 0 aromatic heterocycles. The van der Waals surface area contributed by atoms with Crippen LogP contribution in [0.3, 0.4) is 0 Å². The van der Waals surface area contributed by atoms with Crippen molar-refractivity contribution in [1.82, 2.24) is 4.90 Å². The van der Waals surface area contributed by atoms with Gasteiger partial charge in [-0.3, -0.25) is 4.90 Å². The lowest BCUT2D eigenvalue weighted by atomic mass is 10.0. The molecule has 118 valence electrons. The summed E-state index contributed by atoms with van der Waals surface area (Å²) in [6.45, 7) is 5.80. The van der Waals surface area contributed by atoms with E-state index in [9.17, 15) is 13.2 Å². The molecule has 2 N–H and O–H groups in total. The van der Waals surface area contributed by atoms with Gasteiger partial charge in [0.05, 0.1) is 17.8 Å². The maximum atomic E-state index is 12.6. The lowest BCUT2D eigenvalue weighted by Gasteiger charge is -2.40. The SMILES string of the molecule is C[C@@H]1CN([C@H](CN)c2ccc(C(F)(F)F)cc2)C[C@@H](C)O1. The fourth-order valence-corrected chi connectivity index (χ4v) is 2.86. The molecule has 1 saturated heterocycles. The predicted molar refractivity (Wildman–Crippen MR) is 74.8 cm³/mol. The molecule has 6 heteroatoms. The Hall–Kier alpha value is -1.11. The Morgan fingerprint density at radius 2 is 1.71 bits per heavy atom. The number of alkyl halides is 3. The molecule has 0 amide bonds. The van der Waals surface area contributed by atoms with E-state index in [0.717, 1.165) is 30.8 Å². The van der Waals surface area contributed by atoms with Crippen molar-refractivity contribution in [2.45, 2.75) is 38.3 Å². The molecular formula is C15H21F3N2O. The number of hydrogen-bond acceptors (Lipinski definition) is 3. The van der Waals surface area contributed by atoms with Crippen LogP contribution < -0.4 is 5.73 Å². The normalized spacial score (nSPS) is 25.8. The Kier molecular flexibility index (Phi) is 4.91. The first kappa shape index (κ1) is 16.3. The molecule has 1 heterocycles. The van der Waals surface area contributed by atoms with Gasteiger partial charge in [0.2, 0.25) is 0 Å². The molecule has 0 radical (unpaired) electrons. The van der Waals surface area contributed by atoms with Crippen LogP contribution in [0.1, 0.15) is 31.0 Å². The van der Waals surface area contributed by atoms with E-state index in [1.165, 1.54) is 12.1 Å². The Morgan fingerprint density at radius 1 is 1.19 bits per heavy atom. The number of morpholine rings is 1. The average Bonchev–Trinajstić information content (AvgIpc) is 2.38. The molecule has 1 aromatic rings. The highest BCUT2D eigenvalue weighted by Crippen LogP contribution is 2.31. The van der Waals surface area contributed by atoms with Crippen molar-refractivity contribution in [1.29, 1.82) is 0 Å². The first-order valence-electron chi connectivity index (χ1n) is 7.08. The molecule has 0 bridgehead atoms. The Bertz CT molecular complexity index is 451. The van der Waals surface area contributed by atoms with Crippen LogP contribution in [0.25, 0.3) is 0 Å². The molecule has 3 atom stereocenters. The second-order valence-corrected chi connectivity index (χ2v) is 5.58. The number of benzene rings is 1. The second-order valence-electron chi connectivity index (χ2n) is 5.58. The van der Waals surface area contributed by atoms with Gasteiger partial charge in [-0.1, -0.05) is 12.1 Å². The van der Waals surface area contributed by atoms with E-state index in [4.69, 9.17) is 10.5 Å². The molecular weight excluding hydrogens is 281 g/mol. The predicted octanol–water partition coefficient (Wildman–Crippen LogP) is 2.81. The monoisotopic (exact) mass is 302 g/mol. The first-order valence-corrected chi connectivity index (χ1v) is 7.08. The van der Waals surface area contributed by atoms with Crippen LogP contribution in [0, 0.1) is 0 Å². The van der Waals surface area contributed by atoms with Crippen molar-refractivity contribution in [3.05, 3.63) is 35.4 Å². The van der Waals surface area contributed by atoms with Crippen molar-refractivity contribution in [3.63, 3.8) is 0 Å². The quantitative estimate of drug-likeness (QED) is 0.933. The van der Waals surface area contributed by atoms with E-state index in [1.54, 1.807) is 0 Å². The minimum absolute atomic E-state index is 0.0823. The molecule has 0 spiro atoms. The van der Waals surface area contributed by atoms with Crippen molar-refractivity contribution in [2.24, 2.45) is 5.73 Å². The summed E-state index contributed by atoms with van der Waals surface area (Å²) in [4.78, 5) is 2.18. The van der Waals surface area contributed by atoms with Gasteiger partial charge in [-0.2, -0.15) is 13.2 Å². The van der Waals surface area contributed by atoms with Crippen LogP contribution in [0.2, 0.25) is 0 Å². The van der Waals surface area contributed by atoms with Gasteiger partial charge in [-0.05, 0) is 31.5 Å². The minimum Gasteiger partial charge on any atom is -0.373 e. The minimum atomic E-state index is -4.31. The number of nitrogens with zero attached hydrogens (tertiary/aromatic N) is 1. The van der Waals surface area contributed by atoms with Crippen molar-refractivity contribution >= 4 is 0 Å². The van der Waals surface area contributed by atoms with Gasteiger partial charge in [0.1, 0.15) is 0 Å². The Morgan fingerprint density at radius 3 is 2.14 bits per heavy atom. The molecule has 1 aliphatic heterocycles. The molecule has 0 unspecified atom stereocenters. The highest BCUT2D eigenvalue weighted by atomic mass is 19.4. The maximum Gasteiger partial charge on any atom is 0.416 e. The van der Waals surface area contributed by atoms with Crippen molar-refractivity contribution in [3.8, 4) is 0 Å². The fourth-order valence-electron chi connectivity index (χ4n) is 2.86. The number of hydrogen-bond donors (Lipinski definition) is 1. The molecule has 21 heavy (non-hydrogen) atoms. The average molecular weight is 302 g/mol. The Labute approximate surface area is 122 Å². The van der Waals surface area contributed by atoms with Crippen molar-refractivity contribution in [2.75, 3.05) is 19.6 Å². The highest BCUT2D eigenvalue weighted by Gasteiger charge is 2.31. The maximum absolute atomic E-state index is 12.6. The summed E-state index contributed by atoms with van der Waals surface area (Å²) in [5.41, 5.74) is 6.02. The first-order chi connectivity index (χ1) is 9.81. The summed E-state index contributed by atoms with van der Waals surface area (Å²) in [6.07, 6.45) is -4.12. The highest BCUT2D eigenvalue weighted by molar-refractivity contribution is 5.27. The third kappa shape index (κ3) is 3.96. The smallest absolute Gasteiger partial charge is 0.373 e. The van der Waals surface area contributed by atoms with Crippen LogP contribution in [-0.2, 0) is 10.9 Å². The van der Waals surface area contributed by atoms with Gasteiger partial charge >= 0.3 is 6.18 Å². The van der Waals surface area contributed by atoms with Gasteiger partial charge in [0.15, 0.2) is 0 Å². The standard InChI is InChI=1S/C15H21F3N2O/c1-10-8-20(9-11(2)21-10)14(7-19)12-3-5-13(6-4-12)15(16,17)18/h3-6,10-11,14H,7-9,19H2,1-2H3/t10-,11-,14-/m1/s1. The molecule has 3 nitrogen and oxygen atoms in total. The van der Waals surface area contributed by atoms with Gasteiger partial charge in [0, 0.05) is 25.7 Å². The number of rotatable bonds is 3. The molecule has 1 aliphatic rings. The summed E-state index contributed by atoms with van der Waals surface area (Å²) in [5, 5.41) is 0. The van der Waals surface area contributed by atoms with E-state index < -0.39 is 11.7 Å². The number of nitrogens with two attached hydrogens (primary N) is 1. The second kappa shape index (κ2) is 6.34. The molecule has 1 aromatic carbocycles. The summed E-state index contributed by atoms with van der Waals surface area (Å²) in [5.74, 6) is 0. The molecule has 0 aliphatic carbocycles. The lowest BCUT2D eigenvalue weighted by Crippen LogP contribution is -2.48. The number of halogens is 3. The Balaban J connectivity index is 2.17. The lowest BCUT2D eigenvalue weighted by molar-refractivity contribution is -0.137. The van der Waals surface area contributed by atoms with Gasteiger partial charge in [-0.25, -0.2) is 0 Å². The zero-order valence-corrected chi connectivity index (χ0v) is 12.2. The van der Waals surface area contributed by atoms with Gasteiger partial charge in [0.25, 0.3) is 0 Å². The summed E-state index contributed by atoms with van der Waals surface area (Å²) >= 11 is 0. The van der Waals surface area contributed by atoms with Crippen LogP contribution >= 0.6 is 0 Å². The topological polar surface area (TPSA) is 38.5 Å². The fraction of sp³-hybridized carbons (Fsp3) is 0.600. The van der Waals surface area contributed by atoms with Gasteiger partial charge in [-0.15, -0.1) is 0 Å².